The van der Waals surface area contributed by atoms with Gasteiger partial charge in [0.05, 0.1) is 40.6 Å². The van der Waals surface area contributed by atoms with Crippen LogP contribution in [0.3, 0.4) is 0 Å². The van der Waals surface area contributed by atoms with Crippen molar-refractivity contribution in [1.82, 2.24) is 18.7 Å². The van der Waals surface area contributed by atoms with Crippen LogP contribution in [0.5, 0.6) is 0 Å². The molecule has 5 aromatic rings. The lowest BCUT2D eigenvalue weighted by Gasteiger charge is -2.24. The standard InChI is InChI=1S/C27H20BrN5O2/c28-21-4-3-5-22(16-21)32-26(34)23-6-1-2-7-25(23)33(27(32)35)24(12-14-31-15-13-30-18-31)20-10-8-19(17-29)9-11-20/h1-11,13,15-16,18,24H,12,14H2. The fourth-order valence-electron chi connectivity index (χ4n) is 4.34. The molecule has 0 aliphatic carbocycles. The number of para-hydroxylation sites is 1. The van der Waals surface area contributed by atoms with Crippen LogP contribution < -0.4 is 11.2 Å². The van der Waals surface area contributed by atoms with Crippen LogP contribution in [0.15, 0.2) is 106 Å². The van der Waals surface area contributed by atoms with E-state index in [4.69, 9.17) is 0 Å². The SMILES string of the molecule is N#Cc1ccc(C(CCn2ccnc2)n2c(=O)n(-c3cccc(Br)c3)c(=O)c3ccccc32)cc1. The molecule has 0 N–H and O–H groups in total. The number of fused-ring (bicyclic) bond motifs is 1. The zero-order valence-electron chi connectivity index (χ0n) is 18.6. The zero-order valence-corrected chi connectivity index (χ0v) is 20.2. The van der Waals surface area contributed by atoms with E-state index in [1.165, 1.54) is 4.57 Å². The summed E-state index contributed by atoms with van der Waals surface area (Å²) < 4.78 is 5.63. The summed E-state index contributed by atoms with van der Waals surface area (Å²) >= 11 is 3.44. The van der Waals surface area contributed by atoms with E-state index in [9.17, 15) is 14.9 Å². The van der Waals surface area contributed by atoms with Gasteiger partial charge in [-0.3, -0.25) is 9.36 Å². The van der Waals surface area contributed by atoms with Crippen molar-refractivity contribution in [3.05, 3.63) is 128 Å². The molecule has 3 aromatic carbocycles. The first-order valence-corrected chi connectivity index (χ1v) is 11.8. The molecular formula is C27H20BrN5O2. The summed E-state index contributed by atoms with van der Waals surface area (Å²) in [6.07, 6.45) is 5.90. The normalized spacial score (nSPS) is 11.9. The molecular weight excluding hydrogens is 506 g/mol. The molecule has 172 valence electrons. The van der Waals surface area contributed by atoms with Gasteiger partial charge < -0.3 is 4.57 Å². The van der Waals surface area contributed by atoms with Crippen molar-refractivity contribution in [2.24, 2.45) is 0 Å². The van der Waals surface area contributed by atoms with Gasteiger partial charge in [0.25, 0.3) is 5.56 Å². The summed E-state index contributed by atoms with van der Waals surface area (Å²) in [4.78, 5) is 31.7. The van der Waals surface area contributed by atoms with Crippen LogP contribution in [0.25, 0.3) is 16.6 Å². The van der Waals surface area contributed by atoms with E-state index in [2.05, 4.69) is 27.0 Å². The molecule has 0 spiro atoms. The second kappa shape index (κ2) is 9.57. The first-order chi connectivity index (χ1) is 17.1. The quantitative estimate of drug-likeness (QED) is 0.322. The monoisotopic (exact) mass is 525 g/mol. The molecule has 0 fully saturated rings. The van der Waals surface area contributed by atoms with Gasteiger partial charge in [0.2, 0.25) is 0 Å². The number of aromatic nitrogens is 4. The largest absolute Gasteiger partial charge is 0.337 e. The Balaban J connectivity index is 1.78. The Morgan fingerprint density at radius 2 is 1.80 bits per heavy atom. The highest BCUT2D eigenvalue weighted by Gasteiger charge is 2.22. The van der Waals surface area contributed by atoms with Crippen molar-refractivity contribution in [2.45, 2.75) is 19.0 Å². The van der Waals surface area contributed by atoms with E-state index >= 15 is 0 Å². The molecule has 35 heavy (non-hydrogen) atoms. The molecule has 2 heterocycles. The first kappa shape index (κ1) is 22.6. The highest BCUT2D eigenvalue weighted by molar-refractivity contribution is 9.10. The van der Waals surface area contributed by atoms with Crippen molar-refractivity contribution in [3.63, 3.8) is 0 Å². The maximum Gasteiger partial charge on any atom is 0.336 e. The molecule has 2 aromatic heterocycles. The molecule has 1 atom stereocenters. The van der Waals surface area contributed by atoms with Gasteiger partial charge in [-0.1, -0.05) is 46.3 Å². The fraction of sp³-hybridized carbons (Fsp3) is 0.111. The van der Waals surface area contributed by atoms with E-state index in [1.807, 2.05) is 35.0 Å². The number of nitrogens with zero attached hydrogens (tertiary/aromatic N) is 5. The number of aryl methyl sites for hydroxylation is 1. The topological polar surface area (TPSA) is 85.6 Å². The minimum atomic E-state index is -0.424. The molecule has 0 saturated heterocycles. The number of halogens is 1. The van der Waals surface area contributed by atoms with Crippen molar-refractivity contribution in [2.75, 3.05) is 0 Å². The Kier molecular flexibility index (Phi) is 6.17. The molecule has 8 heteroatoms. The Morgan fingerprint density at radius 1 is 1.00 bits per heavy atom. The van der Waals surface area contributed by atoms with Crippen LogP contribution >= 0.6 is 15.9 Å². The van der Waals surface area contributed by atoms with Gasteiger partial charge >= 0.3 is 5.69 Å². The molecule has 0 radical (unpaired) electrons. The van der Waals surface area contributed by atoms with Gasteiger partial charge in [-0.15, -0.1) is 0 Å². The number of benzene rings is 3. The molecule has 5 rings (SSSR count). The Labute approximate surface area is 209 Å². The minimum absolute atomic E-state index is 0.367. The second-order valence-corrected chi connectivity index (χ2v) is 9.04. The highest BCUT2D eigenvalue weighted by Crippen LogP contribution is 2.26. The summed E-state index contributed by atoms with van der Waals surface area (Å²) in [6.45, 7) is 0.613. The maximum atomic E-state index is 14.1. The molecule has 7 nitrogen and oxygen atoms in total. The molecule has 0 bridgehead atoms. The van der Waals surface area contributed by atoms with E-state index < -0.39 is 5.69 Å². The summed E-state index contributed by atoms with van der Waals surface area (Å²) in [5.74, 6) is 0. The van der Waals surface area contributed by atoms with Crippen LogP contribution in [0.1, 0.15) is 23.6 Å². The van der Waals surface area contributed by atoms with E-state index in [0.717, 1.165) is 10.0 Å². The van der Waals surface area contributed by atoms with Crippen LogP contribution in [0.4, 0.5) is 0 Å². The number of nitriles is 1. The summed E-state index contributed by atoms with van der Waals surface area (Å²) in [5, 5.41) is 9.71. The predicted molar refractivity (Wildman–Crippen MR) is 138 cm³/mol. The summed E-state index contributed by atoms with van der Waals surface area (Å²) in [5.41, 5.74) is 1.67. The van der Waals surface area contributed by atoms with Gasteiger partial charge in [0.1, 0.15) is 0 Å². The van der Waals surface area contributed by atoms with Crippen molar-refractivity contribution in [3.8, 4) is 11.8 Å². The van der Waals surface area contributed by atoms with Gasteiger partial charge in [0.15, 0.2) is 0 Å². The lowest BCUT2D eigenvalue weighted by atomic mass is 10.0. The second-order valence-electron chi connectivity index (χ2n) is 8.13. The van der Waals surface area contributed by atoms with Gasteiger partial charge in [0, 0.05) is 23.4 Å². The van der Waals surface area contributed by atoms with Crippen LogP contribution in [-0.2, 0) is 6.54 Å². The molecule has 0 aliphatic rings. The van der Waals surface area contributed by atoms with Crippen molar-refractivity contribution in [1.29, 1.82) is 5.26 Å². The first-order valence-electron chi connectivity index (χ1n) is 11.0. The third-order valence-electron chi connectivity index (χ3n) is 6.02. The Morgan fingerprint density at radius 3 is 2.51 bits per heavy atom. The van der Waals surface area contributed by atoms with Crippen molar-refractivity contribution >= 4 is 26.8 Å². The third-order valence-corrected chi connectivity index (χ3v) is 6.51. The molecule has 0 amide bonds. The molecule has 0 saturated carbocycles. The van der Waals surface area contributed by atoms with Crippen LogP contribution in [-0.4, -0.2) is 18.7 Å². The van der Waals surface area contributed by atoms with Crippen molar-refractivity contribution < 1.29 is 0 Å². The number of rotatable bonds is 6. The summed E-state index contributed by atoms with van der Waals surface area (Å²) in [6, 6.07) is 23.3. The van der Waals surface area contributed by atoms with Gasteiger partial charge in [-0.05, 0) is 54.4 Å². The van der Waals surface area contributed by atoms with E-state index in [-0.39, 0.29) is 11.6 Å². The third kappa shape index (κ3) is 4.34. The van der Waals surface area contributed by atoms with Crippen LogP contribution in [0.2, 0.25) is 0 Å². The molecule has 1 unspecified atom stereocenters. The number of hydrogen-bond donors (Lipinski definition) is 0. The highest BCUT2D eigenvalue weighted by atomic mass is 79.9. The minimum Gasteiger partial charge on any atom is -0.337 e. The molecule has 0 aliphatic heterocycles. The van der Waals surface area contributed by atoms with E-state index in [1.54, 1.807) is 65.6 Å². The lowest BCUT2D eigenvalue weighted by Crippen LogP contribution is -2.41. The predicted octanol–water partition coefficient (Wildman–Crippen LogP) is 4.66. The van der Waals surface area contributed by atoms with Gasteiger partial charge in [-0.2, -0.15) is 5.26 Å². The smallest absolute Gasteiger partial charge is 0.336 e. The Hall–Kier alpha value is -4.22. The lowest BCUT2D eigenvalue weighted by molar-refractivity contribution is 0.479. The van der Waals surface area contributed by atoms with Gasteiger partial charge in [-0.25, -0.2) is 14.3 Å². The Bertz CT molecular complexity index is 1660. The maximum absolute atomic E-state index is 14.1. The average Bonchev–Trinajstić information content (AvgIpc) is 3.40. The number of hydrogen-bond acceptors (Lipinski definition) is 4. The number of imidazole rings is 1. The van der Waals surface area contributed by atoms with Crippen LogP contribution in [0, 0.1) is 11.3 Å². The van der Waals surface area contributed by atoms with E-state index in [0.29, 0.717) is 35.1 Å². The zero-order chi connectivity index (χ0) is 24.4. The fourth-order valence-corrected chi connectivity index (χ4v) is 4.73. The average molecular weight is 526 g/mol. The summed E-state index contributed by atoms with van der Waals surface area (Å²) in [7, 11) is 0.